The number of hydrogen-bond acceptors (Lipinski definition) is 3. The monoisotopic (exact) mass is 163 g/mol. The molecule has 2 rings (SSSR count). The number of aromatic nitrogens is 2. The van der Waals surface area contributed by atoms with Crippen LogP contribution in [-0.2, 0) is 0 Å². The van der Waals surface area contributed by atoms with Crippen LogP contribution in [0.25, 0.3) is 0 Å². The molecule has 0 saturated heterocycles. The summed E-state index contributed by atoms with van der Waals surface area (Å²) in [5, 5.41) is 0. The average Bonchev–Trinajstić information content (AvgIpc) is 2.87. The van der Waals surface area contributed by atoms with Crippen molar-refractivity contribution in [3.8, 4) is 0 Å². The predicted molar refractivity (Wildman–Crippen MR) is 46.6 cm³/mol. The zero-order chi connectivity index (χ0) is 8.55. The first kappa shape index (κ1) is 7.68. The highest BCUT2D eigenvalue weighted by molar-refractivity contribution is 5.18. The minimum atomic E-state index is 0.0190. The maximum atomic E-state index is 5.71. The Labute approximate surface area is 72.0 Å². The summed E-state index contributed by atoms with van der Waals surface area (Å²) in [4.78, 5) is 8.33. The Kier molecular flexibility index (Phi) is 1.81. The van der Waals surface area contributed by atoms with Crippen LogP contribution in [0.15, 0.2) is 12.4 Å². The van der Waals surface area contributed by atoms with Gasteiger partial charge in [0, 0.05) is 17.7 Å². The summed E-state index contributed by atoms with van der Waals surface area (Å²) in [6, 6.07) is 2.05. The number of hydrogen-bond donors (Lipinski definition) is 1. The zero-order valence-corrected chi connectivity index (χ0v) is 7.20. The minimum Gasteiger partial charge on any atom is -0.323 e. The van der Waals surface area contributed by atoms with Crippen molar-refractivity contribution in [1.82, 2.24) is 9.97 Å². The molecule has 0 radical (unpaired) electrons. The molecule has 1 heterocycles. The van der Waals surface area contributed by atoms with Gasteiger partial charge in [0.2, 0.25) is 0 Å². The molecule has 3 heteroatoms. The van der Waals surface area contributed by atoms with Crippen molar-refractivity contribution in [1.29, 1.82) is 0 Å². The standard InChI is InChI=1S/C9H13N3/c1-6(10)8-4-9(7-2-3-7)12-5-11-8/h4-7H,2-3,10H2,1H3. The van der Waals surface area contributed by atoms with E-state index >= 15 is 0 Å². The molecule has 0 aromatic carbocycles. The van der Waals surface area contributed by atoms with E-state index in [-0.39, 0.29) is 6.04 Å². The lowest BCUT2D eigenvalue weighted by molar-refractivity contribution is 0.765. The second-order valence-corrected chi connectivity index (χ2v) is 3.43. The first-order valence-corrected chi connectivity index (χ1v) is 4.35. The highest BCUT2D eigenvalue weighted by Crippen LogP contribution is 2.38. The Morgan fingerprint density at radius 3 is 2.83 bits per heavy atom. The van der Waals surface area contributed by atoms with Gasteiger partial charge in [-0.3, -0.25) is 0 Å². The molecule has 1 aromatic rings. The van der Waals surface area contributed by atoms with Gasteiger partial charge in [0.1, 0.15) is 6.33 Å². The lowest BCUT2D eigenvalue weighted by Crippen LogP contribution is -2.08. The van der Waals surface area contributed by atoms with Crippen LogP contribution < -0.4 is 5.73 Å². The van der Waals surface area contributed by atoms with Gasteiger partial charge in [0.15, 0.2) is 0 Å². The highest BCUT2D eigenvalue weighted by Gasteiger charge is 2.25. The molecule has 0 amide bonds. The SMILES string of the molecule is CC(N)c1cc(C2CC2)ncn1. The molecule has 0 spiro atoms. The van der Waals surface area contributed by atoms with E-state index in [2.05, 4.69) is 9.97 Å². The van der Waals surface area contributed by atoms with E-state index in [9.17, 15) is 0 Å². The van der Waals surface area contributed by atoms with Crippen molar-refractivity contribution in [2.45, 2.75) is 31.7 Å². The van der Waals surface area contributed by atoms with E-state index in [4.69, 9.17) is 5.73 Å². The fourth-order valence-corrected chi connectivity index (χ4v) is 1.24. The van der Waals surface area contributed by atoms with Crippen molar-refractivity contribution in [2.24, 2.45) is 5.73 Å². The number of nitrogens with zero attached hydrogens (tertiary/aromatic N) is 2. The van der Waals surface area contributed by atoms with Crippen molar-refractivity contribution in [3.63, 3.8) is 0 Å². The summed E-state index contributed by atoms with van der Waals surface area (Å²) in [7, 11) is 0. The van der Waals surface area contributed by atoms with E-state index in [0.717, 1.165) is 11.4 Å². The van der Waals surface area contributed by atoms with Crippen LogP contribution in [0.3, 0.4) is 0 Å². The molecule has 0 aliphatic heterocycles. The van der Waals surface area contributed by atoms with Crippen LogP contribution in [-0.4, -0.2) is 9.97 Å². The topological polar surface area (TPSA) is 51.8 Å². The van der Waals surface area contributed by atoms with Crippen LogP contribution in [0.2, 0.25) is 0 Å². The molecule has 12 heavy (non-hydrogen) atoms. The van der Waals surface area contributed by atoms with Crippen LogP contribution >= 0.6 is 0 Å². The van der Waals surface area contributed by atoms with E-state index in [1.54, 1.807) is 6.33 Å². The van der Waals surface area contributed by atoms with Crippen LogP contribution in [0, 0.1) is 0 Å². The Balaban J connectivity index is 2.26. The molecule has 1 unspecified atom stereocenters. The summed E-state index contributed by atoms with van der Waals surface area (Å²) >= 11 is 0. The quantitative estimate of drug-likeness (QED) is 0.716. The maximum Gasteiger partial charge on any atom is 0.116 e. The van der Waals surface area contributed by atoms with Gasteiger partial charge in [-0.2, -0.15) is 0 Å². The van der Waals surface area contributed by atoms with Crippen molar-refractivity contribution in [3.05, 3.63) is 23.8 Å². The summed E-state index contributed by atoms with van der Waals surface area (Å²) in [6.07, 6.45) is 4.16. The molecule has 1 atom stereocenters. The first-order valence-electron chi connectivity index (χ1n) is 4.35. The third-order valence-corrected chi connectivity index (χ3v) is 2.17. The summed E-state index contributed by atoms with van der Waals surface area (Å²) in [5.41, 5.74) is 7.83. The third kappa shape index (κ3) is 1.46. The van der Waals surface area contributed by atoms with Gasteiger partial charge in [-0.15, -0.1) is 0 Å². The van der Waals surface area contributed by atoms with E-state index in [1.807, 2.05) is 13.0 Å². The first-order chi connectivity index (χ1) is 5.77. The second-order valence-electron chi connectivity index (χ2n) is 3.43. The Bertz CT molecular complexity index is 262. The Morgan fingerprint density at radius 1 is 1.50 bits per heavy atom. The summed E-state index contributed by atoms with van der Waals surface area (Å²) in [6.45, 7) is 1.94. The van der Waals surface area contributed by atoms with Crippen molar-refractivity contribution >= 4 is 0 Å². The van der Waals surface area contributed by atoms with Crippen LogP contribution in [0.1, 0.15) is 43.1 Å². The fraction of sp³-hybridized carbons (Fsp3) is 0.556. The smallest absolute Gasteiger partial charge is 0.116 e. The van der Waals surface area contributed by atoms with Gasteiger partial charge in [0.25, 0.3) is 0 Å². The molecule has 1 fully saturated rings. The van der Waals surface area contributed by atoms with Crippen LogP contribution in [0.4, 0.5) is 0 Å². The van der Waals surface area contributed by atoms with Crippen molar-refractivity contribution < 1.29 is 0 Å². The van der Waals surface area contributed by atoms with Gasteiger partial charge in [-0.1, -0.05) is 0 Å². The lowest BCUT2D eigenvalue weighted by Gasteiger charge is -2.04. The van der Waals surface area contributed by atoms with E-state index in [1.165, 1.54) is 12.8 Å². The minimum absolute atomic E-state index is 0.0190. The van der Waals surface area contributed by atoms with Crippen LogP contribution in [0.5, 0.6) is 0 Å². The lowest BCUT2D eigenvalue weighted by atomic mass is 10.2. The Hall–Kier alpha value is -0.960. The molecule has 1 aliphatic carbocycles. The van der Waals surface area contributed by atoms with Gasteiger partial charge in [-0.05, 0) is 25.8 Å². The summed E-state index contributed by atoms with van der Waals surface area (Å²) < 4.78 is 0. The highest BCUT2D eigenvalue weighted by atomic mass is 14.9. The fourth-order valence-electron chi connectivity index (χ4n) is 1.24. The number of nitrogens with two attached hydrogens (primary N) is 1. The van der Waals surface area contributed by atoms with E-state index < -0.39 is 0 Å². The molecular formula is C9H13N3. The van der Waals surface area contributed by atoms with Gasteiger partial charge >= 0.3 is 0 Å². The Morgan fingerprint density at radius 2 is 2.25 bits per heavy atom. The summed E-state index contributed by atoms with van der Waals surface area (Å²) in [5.74, 6) is 0.686. The molecule has 1 aliphatic rings. The molecule has 3 nitrogen and oxygen atoms in total. The van der Waals surface area contributed by atoms with Crippen molar-refractivity contribution in [2.75, 3.05) is 0 Å². The van der Waals surface area contributed by atoms with Gasteiger partial charge in [0.05, 0.1) is 5.69 Å². The van der Waals surface area contributed by atoms with E-state index in [0.29, 0.717) is 5.92 Å². The molecule has 1 aromatic heterocycles. The molecular weight excluding hydrogens is 150 g/mol. The largest absolute Gasteiger partial charge is 0.323 e. The predicted octanol–water partition coefficient (Wildman–Crippen LogP) is 1.37. The molecule has 0 bridgehead atoms. The molecule has 1 saturated carbocycles. The van der Waals surface area contributed by atoms with Gasteiger partial charge < -0.3 is 5.73 Å². The zero-order valence-electron chi connectivity index (χ0n) is 7.20. The normalized spacial score (nSPS) is 19.2. The molecule has 64 valence electrons. The maximum absolute atomic E-state index is 5.71. The average molecular weight is 163 g/mol. The number of rotatable bonds is 2. The molecule has 2 N–H and O–H groups in total. The third-order valence-electron chi connectivity index (χ3n) is 2.17. The second kappa shape index (κ2) is 2.83. The van der Waals surface area contributed by atoms with Gasteiger partial charge in [-0.25, -0.2) is 9.97 Å².